The van der Waals surface area contributed by atoms with Crippen molar-refractivity contribution in [3.8, 4) is 5.75 Å². The van der Waals surface area contributed by atoms with Gasteiger partial charge in [-0.15, -0.1) is 0 Å². The zero-order valence-electron chi connectivity index (χ0n) is 20.8. The first-order valence-electron chi connectivity index (χ1n) is 11.8. The Kier molecular flexibility index (Phi) is 9.49. The maximum Gasteiger partial charge on any atom is 0.261 e. The Balaban J connectivity index is 1.88. The van der Waals surface area contributed by atoms with Gasteiger partial charge in [-0.1, -0.05) is 74.5 Å². The summed E-state index contributed by atoms with van der Waals surface area (Å²) in [7, 11) is 1.60. The molecule has 0 fully saturated rings. The number of hydrogen-bond acceptors (Lipinski definition) is 3. The average molecular weight is 537 g/mol. The van der Waals surface area contributed by atoms with Gasteiger partial charge in [-0.05, 0) is 63.2 Å². The van der Waals surface area contributed by atoms with Crippen LogP contribution in [0, 0.1) is 6.92 Å². The lowest BCUT2D eigenvalue weighted by Gasteiger charge is -2.31. The van der Waals surface area contributed by atoms with E-state index in [1.165, 1.54) is 5.56 Å². The average Bonchev–Trinajstić information content (AvgIpc) is 2.86. The van der Waals surface area contributed by atoms with Gasteiger partial charge in [0.1, 0.15) is 11.8 Å². The maximum atomic E-state index is 13.6. The molecule has 0 bridgehead atoms. The van der Waals surface area contributed by atoms with Gasteiger partial charge in [-0.3, -0.25) is 9.59 Å². The third-order valence-corrected chi connectivity index (χ3v) is 6.71. The summed E-state index contributed by atoms with van der Waals surface area (Å²) in [5.74, 6) is 0.520. The predicted molar refractivity (Wildman–Crippen MR) is 143 cm³/mol. The number of likely N-dealkylation sites (N-methyl/N-ethyl adjacent to an activating group) is 1. The molecule has 35 heavy (non-hydrogen) atoms. The first-order valence-corrected chi connectivity index (χ1v) is 12.6. The third kappa shape index (κ3) is 7.18. The van der Waals surface area contributed by atoms with Crippen LogP contribution in [-0.4, -0.2) is 36.4 Å². The molecular weight excluding hydrogens is 504 g/mol. The molecule has 0 aromatic heterocycles. The quantitative estimate of drug-likeness (QED) is 0.364. The van der Waals surface area contributed by atoms with Crippen molar-refractivity contribution in [3.63, 3.8) is 0 Å². The van der Waals surface area contributed by atoms with Crippen molar-refractivity contribution < 1.29 is 14.3 Å². The van der Waals surface area contributed by atoms with Gasteiger partial charge in [0, 0.05) is 20.0 Å². The van der Waals surface area contributed by atoms with Crippen LogP contribution in [-0.2, 0) is 22.6 Å². The highest BCUT2D eigenvalue weighted by Gasteiger charge is 2.30. The number of ether oxygens (including phenoxy) is 1. The second kappa shape index (κ2) is 12.5. The topological polar surface area (TPSA) is 58.6 Å². The summed E-state index contributed by atoms with van der Waals surface area (Å²) in [4.78, 5) is 28.2. The van der Waals surface area contributed by atoms with Crippen molar-refractivity contribution in [2.75, 3.05) is 13.7 Å². The largest absolute Gasteiger partial charge is 0.483 e. The van der Waals surface area contributed by atoms with Gasteiger partial charge in [0.15, 0.2) is 6.61 Å². The summed E-state index contributed by atoms with van der Waals surface area (Å²) >= 11 is 3.56. The first-order chi connectivity index (χ1) is 16.8. The van der Waals surface area contributed by atoms with Crippen LogP contribution in [0.2, 0.25) is 0 Å². The van der Waals surface area contributed by atoms with Crippen LogP contribution in [0.3, 0.4) is 0 Å². The summed E-state index contributed by atoms with van der Waals surface area (Å²) in [6.07, 6.45) is 0.408. The zero-order valence-corrected chi connectivity index (χ0v) is 22.3. The molecule has 1 atom stereocenters. The minimum absolute atomic E-state index is 0.173. The number of benzene rings is 3. The summed E-state index contributed by atoms with van der Waals surface area (Å²) in [6, 6.07) is 22.9. The fourth-order valence-electron chi connectivity index (χ4n) is 3.91. The molecule has 0 aliphatic heterocycles. The van der Waals surface area contributed by atoms with Gasteiger partial charge in [0.05, 0.1) is 4.47 Å². The van der Waals surface area contributed by atoms with Gasteiger partial charge in [0.2, 0.25) is 5.91 Å². The molecule has 2 amide bonds. The molecule has 0 aliphatic rings. The fourth-order valence-corrected chi connectivity index (χ4v) is 4.42. The fraction of sp³-hybridized carbons (Fsp3) is 0.310. The van der Waals surface area contributed by atoms with Crippen molar-refractivity contribution in [3.05, 3.63) is 99.5 Å². The molecule has 0 unspecified atom stereocenters. The van der Waals surface area contributed by atoms with Crippen molar-refractivity contribution >= 4 is 27.7 Å². The van der Waals surface area contributed by atoms with E-state index in [0.29, 0.717) is 24.6 Å². The number of carbonyl (C=O) groups is 2. The molecule has 5 nitrogen and oxygen atoms in total. The maximum absolute atomic E-state index is 13.6. The molecule has 184 valence electrons. The third-order valence-electron chi connectivity index (χ3n) is 6.09. The number of hydrogen-bond donors (Lipinski definition) is 1. The number of nitrogens with one attached hydrogen (secondary N) is 1. The van der Waals surface area contributed by atoms with Crippen LogP contribution in [0.15, 0.2) is 77.3 Å². The van der Waals surface area contributed by atoms with E-state index in [9.17, 15) is 9.59 Å². The highest BCUT2D eigenvalue weighted by atomic mass is 79.9. The lowest BCUT2D eigenvalue weighted by Crippen LogP contribution is -2.51. The van der Waals surface area contributed by atoms with E-state index in [1.807, 2.05) is 79.7 Å². The molecule has 0 radical (unpaired) electrons. The van der Waals surface area contributed by atoms with Crippen LogP contribution in [0.1, 0.15) is 42.0 Å². The lowest BCUT2D eigenvalue weighted by atomic mass is 10.0. The van der Waals surface area contributed by atoms with Crippen LogP contribution < -0.4 is 10.1 Å². The van der Waals surface area contributed by atoms with E-state index in [1.54, 1.807) is 11.9 Å². The standard InChI is InChI=1S/C29H33BrN2O3/c1-20(2)23-14-15-27(25(30)17-23)35-19-28(33)32(18-24-13-9-8-10-21(24)3)26(29(34)31-4)16-22-11-6-5-7-12-22/h5-15,17,20,26H,16,18-19H2,1-4H3,(H,31,34)/t26-/m0/s1. The second-order valence-corrected chi connectivity index (χ2v) is 9.76. The van der Waals surface area contributed by atoms with Crippen molar-refractivity contribution in [1.29, 1.82) is 0 Å². The van der Waals surface area contributed by atoms with Gasteiger partial charge in [0.25, 0.3) is 5.91 Å². The van der Waals surface area contributed by atoms with Crippen LogP contribution in [0.25, 0.3) is 0 Å². The van der Waals surface area contributed by atoms with Crippen LogP contribution in [0.5, 0.6) is 5.75 Å². The van der Waals surface area contributed by atoms with Gasteiger partial charge >= 0.3 is 0 Å². The van der Waals surface area contributed by atoms with Gasteiger partial charge in [-0.2, -0.15) is 0 Å². The molecule has 1 N–H and O–H groups in total. The van der Waals surface area contributed by atoms with E-state index in [-0.39, 0.29) is 18.4 Å². The van der Waals surface area contributed by atoms with E-state index in [2.05, 4.69) is 35.1 Å². The monoisotopic (exact) mass is 536 g/mol. The molecule has 3 rings (SSSR count). The van der Waals surface area contributed by atoms with E-state index in [0.717, 1.165) is 21.2 Å². The van der Waals surface area contributed by atoms with E-state index >= 15 is 0 Å². The predicted octanol–water partition coefficient (Wildman–Crippen LogP) is 5.65. The Labute approximate surface area is 216 Å². The molecule has 0 saturated heterocycles. The summed E-state index contributed by atoms with van der Waals surface area (Å²) < 4.78 is 6.73. The van der Waals surface area contributed by atoms with E-state index in [4.69, 9.17) is 4.74 Å². The molecule has 0 spiro atoms. The summed E-state index contributed by atoms with van der Waals surface area (Å²) in [6.45, 7) is 6.40. The van der Waals surface area contributed by atoms with Crippen LogP contribution in [0.4, 0.5) is 0 Å². The molecule has 0 aliphatic carbocycles. The first kappa shape index (κ1) is 26.5. The van der Waals surface area contributed by atoms with E-state index < -0.39 is 6.04 Å². The molecule has 6 heteroatoms. The Morgan fingerprint density at radius 3 is 2.31 bits per heavy atom. The van der Waals surface area contributed by atoms with Gasteiger partial charge < -0.3 is 15.0 Å². The number of halogens is 1. The SMILES string of the molecule is CNC(=O)[C@H](Cc1ccccc1)N(Cc1ccccc1C)C(=O)COc1ccc(C(C)C)cc1Br. The Bertz CT molecular complexity index is 1150. The number of amides is 2. The number of aryl methyl sites for hydroxylation is 1. The van der Waals surface area contributed by atoms with Crippen molar-refractivity contribution in [2.45, 2.75) is 45.7 Å². The molecule has 3 aromatic rings. The zero-order chi connectivity index (χ0) is 25.4. The Hall–Kier alpha value is -3.12. The normalized spacial score (nSPS) is 11.7. The minimum atomic E-state index is -0.676. The smallest absolute Gasteiger partial charge is 0.261 e. The summed E-state index contributed by atoms with van der Waals surface area (Å²) in [5, 5.41) is 2.74. The highest BCUT2D eigenvalue weighted by Crippen LogP contribution is 2.29. The van der Waals surface area contributed by atoms with Crippen LogP contribution >= 0.6 is 15.9 Å². The van der Waals surface area contributed by atoms with Crippen molar-refractivity contribution in [2.24, 2.45) is 0 Å². The van der Waals surface area contributed by atoms with Crippen molar-refractivity contribution in [1.82, 2.24) is 10.2 Å². The highest BCUT2D eigenvalue weighted by molar-refractivity contribution is 9.10. The minimum Gasteiger partial charge on any atom is -0.483 e. The number of carbonyl (C=O) groups excluding carboxylic acids is 2. The Morgan fingerprint density at radius 2 is 1.69 bits per heavy atom. The lowest BCUT2D eigenvalue weighted by molar-refractivity contribution is -0.142. The van der Waals surface area contributed by atoms with Gasteiger partial charge in [-0.25, -0.2) is 0 Å². The summed E-state index contributed by atoms with van der Waals surface area (Å²) in [5.41, 5.74) is 4.22. The molecule has 0 saturated carbocycles. The Morgan fingerprint density at radius 1 is 1.00 bits per heavy atom. The molecule has 0 heterocycles. The second-order valence-electron chi connectivity index (χ2n) is 8.90. The number of nitrogens with zero attached hydrogens (tertiary/aromatic N) is 1. The molecule has 3 aromatic carbocycles. The number of rotatable bonds is 10. The molecular formula is C29H33BrN2O3.